The summed E-state index contributed by atoms with van der Waals surface area (Å²) in [6.45, 7) is 5.39. The van der Waals surface area contributed by atoms with Crippen molar-refractivity contribution in [3.63, 3.8) is 0 Å². The highest BCUT2D eigenvalue weighted by Gasteiger charge is 2.13. The molecule has 0 unspecified atom stereocenters. The Kier molecular flexibility index (Phi) is 13.3. The summed E-state index contributed by atoms with van der Waals surface area (Å²) in [5.41, 5.74) is 0. The lowest BCUT2D eigenvalue weighted by molar-refractivity contribution is -0.126. The van der Waals surface area contributed by atoms with E-state index in [9.17, 15) is 0 Å². The number of halogens is 2. The van der Waals surface area contributed by atoms with Crippen LogP contribution in [0.15, 0.2) is 16.7 Å². The number of aromatic nitrogens is 1. The van der Waals surface area contributed by atoms with Crippen molar-refractivity contribution in [2.75, 3.05) is 19.0 Å². The number of rotatable bonds is 4. The van der Waals surface area contributed by atoms with Crippen LogP contribution in [0.5, 0.6) is 0 Å². The molecule has 1 saturated carbocycles. The molecule has 1 aliphatic rings. The maximum absolute atomic E-state index is 8.95. The predicted octanol–water partition coefficient (Wildman–Crippen LogP) is 5.31. The van der Waals surface area contributed by atoms with E-state index in [-0.39, 0.29) is 0 Å². The van der Waals surface area contributed by atoms with Crippen LogP contribution in [-0.2, 0) is 9.53 Å². The summed E-state index contributed by atoms with van der Waals surface area (Å²) in [5.74, 6) is 1.68. The standard InChI is InChI=1S/C12H16BrClN2.C2H4O2.C2H6/c13-10-8-16-12(6-11(10)14)15-7-9-4-2-1-3-5-9;1-4-2-3;1-2/h6,8-9H,1-5,7H2,(H,15,16);2H,1H3;1-2H3. The maximum Gasteiger partial charge on any atom is 0.292 e. The molecule has 1 fully saturated rings. The SMILES string of the molecule is CC.COC=O.Clc1cc(NCC2CCCCC2)ncc1Br. The minimum atomic E-state index is 0.375. The lowest BCUT2D eigenvalue weighted by Gasteiger charge is -2.22. The molecular weight excluding hydrogens is 368 g/mol. The number of nitrogens with one attached hydrogen (secondary N) is 1. The predicted molar refractivity (Wildman–Crippen MR) is 96.4 cm³/mol. The zero-order chi connectivity index (χ0) is 16.8. The second kappa shape index (κ2) is 13.8. The zero-order valence-corrected chi connectivity index (χ0v) is 15.9. The van der Waals surface area contributed by atoms with Crippen molar-refractivity contribution in [1.29, 1.82) is 0 Å². The molecule has 22 heavy (non-hydrogen) atoms. The van der Waals surface area contributed by atoms with Gasteiger partial charge in [0.15, 0.2) is 0 Å². The number of hydrogen-bond acceptors (Lipinski definition) is 4. The first kappa shape index (κ1) is 21.2. The van der Waals surface area contributed by atoms with Gasteiger partial charge in [0.1, 0.15) is 5.82 Å². The number of hydrogen-bond donors (Lipinski definition) is 1. The fourth-order valence-corrected chi connectivity index (χ4v) is 2.52. The summed E-state index contributed by atoms with van der Waals surface area (Å²) < 4.78 is 4.71. The van der Waals surface area contributed by atoms with Crippen LogP contribution in [0, 0.1) is 5.92 Å². The minimum Gasteiger partial charge on any atom is -0.471 e. The molecule has 6 heteroatoms. The Hall–Kier alpha value is -0.810. The smallest absolute Gasteiger partial charge is 0.292 e. The minimum absolute atomic E-state index is 0.375. The van der Waals surface area contributed by atoms with E-state index in [1.807, 2.05) is 19.9 Å². The van der Waals surface area contributed by atoms with E-state index < -0.39 is 0 Å². The second-order valence-electron chi connectivity index (χ2n) is 4.70. The molecule has 1 aromatic rings. The Morgan fingerprint density at radius 1 is 1.41 bits per heavy atom. The van der Waals surface area contributed by atoms with Gasteiger partial charge in [-0.2, -0.15) is 0 Å². The Labute approximate surface area is 147 Å². The van der Waals surface area contributed by atoms with E-state index in [1.54, 1.807) is 6.20 Å². The number of anilines is 1. The number of carbonyl (C=O) groups is 1. The topological polar surface area (TPSA) is 51.2 Å². The monoisotopic (exact) mass is 392 g/mol. The summed E-state index contributed by atoms with van der Waals surface area (Å²) in [7, 11) is 1.31. The molecule has 1 heterocycles. The van der Waals surface area contributed by atoms with Crippen LogP contribution in [0.2, 0.25) is 5.02 Å². The lowest BCUT2D eigenvalue weighted by atomic mass is 9.89. The quantitative estimate of drug-likeness (QED) is 0.705. The number of pyridine rings is 1. The van der Waals surface area contributed by atoms with Gasteiger partial charge in [-0.15, -0.1) is 0 Å². The van der Waals surface area contributed by atoms with Gasteiger partial charge in [0, 0.05) is 18.8 Å². The molecular formula is C16H26BrClN2O2. The van der Waals surface area contributed by atoms with Gasteiger partial charge in [-0.3, -0.25) is 4.79 Å². The van der Waals surface area contributed by atoms with Gasteiger partial charge in [-0.05, 0) is 34.7 Å². The van der Waals surface area contributed by atoms with Crippen molar-refractivity contribution >= 4 is 39.8 Å². The molecule has 2 rings (SSSR count). The summed E-state index contributed by atoms with van der Waals surface area (Å²) in [6, 6.07) is 1.87. The van der Waals surface area contributed by atoms with Crippen molar-refractivity contribution < 1.29 is 9.53 Å². The fraction of sp³-hybridized carbons (Fsp3) is 0.625. The van der Waals surface area contributed by atoms with Crippen LogP contribution in [-0.4, -0.2) is 25.1 Å². The molecule has 0 aliphatic heterocycles. The van der Waals surface area contributed by atoms with E-state index >= 15 is 0 Å². The molecule has 0 radical (unpaired) electrons. The van der Waals surface area contributed by atoms with E-state index in [1.165, 1.54) is 39.2 Å². The van der Waals surface area contributed by atoms with Crippen LogP contribution < -0.4 is 5.32 Å². The van der Waals surface area contributed by atoms with Crippen molar-refractivity contribution in [1.82, 2.24) is 4.98 Å². The van der Waals surface area contributed by atoms with Crippen molar-refractivity contribution in [2.45, 2.75) is 46.0 Å². The van der Waals surface area contributed by atoms with E-state index in [4.69, 9.17) is 16.4 Å². The lowest BCUT2D eigenvalue weighted by Crippen LogP contribution is -2.17. The number of carbonyl (C=O) groups excluding carboxylic acids is 1. The van der Waals surface area contributed by atoms with E-state index in [0.717, 1.165) is 22.8 Å². The third kappa shape index (κ3) is 9.26. The Morgan fingerprint density at radius 3 is 2.50 bits per heavy atom. The van der Waals surface area contributed by atoms with Gasteiger partial charge >= 0.3 is 0 Å². The largest absolute Gasteiger partial charge is 0.471 e. The highest BCUT2D eigenvalue weighted by molar-refractivity contribution is 9.10. The van der Waals surface area contributed by atoms with Crippen LogP contribution in [0.3, 0.4) is 0 Å². The first-order valence-electron chi connectivity index (χ1n) is 7.68. The summed E-state index contributed by atoms with van der Waals surface area (Å²) in [5, 5.41) is 4.08. The summed E-state index contributed by atoms with van der Waals surface area (Å²) in [4.78, 5) is 13.2. The normalized spacial score (nSPS) is 13.9. The summed E-state index contributed by atoms with van der Waals surface area (Å²) in [6.07, 6.45) is 8.58. The van der Waals surface area contributed by atoms with E-state index in [2.05, 4.69) is 31.0 Å². The maximum atomic E-state index is 8.95. The molecule has 0 bridgehead atoms. The molecule has 1 aliphatic carbocycles. The number of ether oxygens (including phenoxy) is 1. The highest BCUT2D eigenvalue weighted by atomic mass is 79.9. The summed E-state index contributed by atoms with van der Waals surface area (Å²) >= 11 is 9.34. The van der Waals surface area contributed by atoms with Crippen molar-refractivity contribution in [3.8, 4) is 0 Å². The van der Waals surface area contributed by atoms with Crippen LogP contribution >= 0.6 is 27.5 Å². The number of methoxy groups -OCH3 is 1. The van der Waals surface area contributed by atoms with Gasteiger partial charge in [-0.1, -0.05) is 44.7 Å². The van der Waals surface area contributed by atoms with Crippen LogP contribution in [0.4, 0.5) is 5.82 Å². The van der Waals surface area contributed by atoms with Gasteiger partial charge in [0.05, 0.1) is 16.6 Å². The Morgan fingerprint density at radius 2 is 2.00 bits per heavy atom. The molecule has 1 N–H and O–H groups in total. The van der Waals surface area contributed by atoms with Crippen LogP contribution in [0.25, 0.3) is 0 Å². The van der Waals surface area contributed by atoms with E-state index in [0.29, 0.717) is 11.5 Å². The highest BCUT2D eigenvalue weighted by Crippen LogP contribution is 2.26. The third-order valence-corrected chi connectivity index (χ3v) is 4.37. The molecule has 0 spiro atoms. The number of nitrogens with zero attached hydrogens (tertiary/aromatic N) is 1. The molecule has 0 amide bonds. The molecule has 0 aromatic carbocycles. The average Bonchev–Trinajstić information content (AvgIpc) is 2.59. The van der Waals surface area contributed by atoms with Gasteiger partial charge in [0.2, 0.25) is 0 Å². The van der Waals surface area contributed by atoms with Gasteiger partial charge in [0.25, 0.3) is 6.47 Å². The Balaban J connectivity index is 0.000000640. The molecule has 126 valence electrons. The average molecular weight is 394 g/mol. The first-order chi connectivity index (χ1) is 10.7. The second-order valence-corrected chi connectivity index (χ2v) is 5.96. The van der Waals surface area contributed by atoms with Gasteiger partial charge < -0.3 is 10.1 Å². The van der Waals surface area contributed by atoms with Gasteiger partial charge in [-0.25, -0.2) is 4.98 Å². The molecule has 0 atom stereocenters. The first-order valence-corrected chi connectivity index (χ1v) is 8.85. The third-order valence-electron chi connectivity index (χ3n) is 3.20. The molecule has 4 nitrogen and oxygen atoms in total. The molecule has 0 saturated heterocycles. The van der Waals surface area contributed by atoms with Crippen molar-refractivity contribution in [3.05, 3.63) is 21.8 Å². The van der Waals surface area contributed by atoms with Crippen LogP contribution in [0.1, 0.15) is 46.0 Å². The zero-order valence-electron chi connectivity index (χ0n) is 13.6. The molecule has 1 aromatic heterocycles. The Bertz CT molecular complexity index is 413. The van der Waals surface area contributed by atoms with Crippen molar-refractivity contribution in [2.24, 2.45) is 5.92 Å². The fourth-order valence-electron chi connectivity index (χ4n) is 2.15.